The lowest BCUT2D eigenvalue weighted by Gasteiger charge is -2.17. The first-order valence-electron chi connectivity index (χ1n) is 8.55. The molecule has 3 rings (SSSR count). The average Bonchev–Trinajstić information content (AvgIpc) is 2.98. The fourth-order valence-electron chi connectivity index (χ4n) is 2.66. The largest absolute Gasteiger partial charge is 0.451 e. The highest BCUT2D eigenvalue weighted by molar-refractivity contribution is 5.95. The lowest BCUT2D eigenvalue weighted by Crippen LogP contribution is -2.34. The van der Waals surface area contributed by atoms with Crippen molar-refractivity contribution in [1.29, 1.82) is 0 Å². The molecule has 3 aromatic rings. The van der Waals surface area contributed by atoms with Crippen molar-refractivity contribution < 1.29 is 18.7 Å². The molecule has 1 heterocycles. The predicted octanol–water partition coefficient (Wildman–Crippen LogP) is 3.03. The molecule has 0 saturated carbocycles. The quantitative estimate of drug-likeness (QED) is 0.699. The zero-order valence-corrected chi connectivity index (χ0v) is 15.3. The molecule has 7 nitrogen and oxygen atoms in total. The van der Waals surface area contributed by atoms with Crippen LogP contribution in [0.25, 0.3) is 11.1 Å². The number of fused-ring (bicyclic) bond motifs is 1. The first-order valence-corrected chi connectivity index (χ1v) is 8.55. The number of carbonyl (C=O) groups is 2. The summed E-state index contributed by atoms with van der Waals surface area (Å²) in [6.07, 6.45) is -1.02. The van der Waals surface area contributed by atoms with Crippen LogP contribution in [0, 0.1) is 6.92 Å². The number of nitrogens with zero attached hydrogens (tertiary/aromatic N) is 1. The highest BCUT2D eigenvalue weighted by atomic mass is 16.5. The van der Waals surface area contributed by atoms with E-state index in [4.69, 9.17) is 9.15 Å². The number of anilines is 1. The molecule has 7 heteroatoms. The maximum atomic E-state index is 12.4. The normalized spacial score (nSPS) is 13.1. The molecule has 0 bridgehead atoms. The molecule has 27 heavy (non-hydrogen) atoms. The Hall–Kier alpha value is -3.35. The van der Waals surface area contributed by atoms with Crippen molar-refractivity contribution in [3.05, 3.63) is 64.6 Å². The van der Waals surface area contributed by atoms with E-state index in [1.807, 2.05) is 19.1 Å². The Bertz CT molecular complexity index is 1030. The van der Waals surface area contributed by atoms with Crippen LogP contribution in [-0.4, -0.2) is 22.5 Å². The van der Waals surface area contributed by atoms with Gasteiger partial charge in [0, 0.05) is 5.69 Å². The van der Waals surface area contributed by atoms with E-state index in [1.165, 1.54) is 18.4 Å². The number of hydrogen-bond donors (Lipinski definition) is 1. The van der Waals surface area contributed by atoms with Gasteiger partial charge in [0.25, 0.3) is 5.91 Å². The third-order valence-corrected chi connectivity index (χ3v) is 4.23. The van der Waals surface area contributed by atoms with E-state index in [1.54, 1.807) is 36.4 Å². The number of amides is 1. The summed E-state index contributed by atoms with van der Waals surface area (Å²) in [7, 11) is 0. The average molecular weight is 368 g/mol. The van der Waals surface area contributed by atoms with Crippen molar-refractivity contribution in [2.24, 2.45) is 0 Å². The van der Waals surface area contributed by atoms with Crippen molar-refractivity contribution >= 4 is 28.7 Å². The molecule has 1 amide bonds. The third kappa shape index (κ3) is 3.92. The van der Waals surface area contributed by atoms with Crippen molar-refractivity contribution in [3.8, 4) is 0 Å². The second-order valence-corrected chi connectivity index (χ2v) is 6.32. The molecular weight excluding hydrogens is 348 g/mol. The van der Waals surface area contributed by atoms with Gasteiger partial charge in [-0.3, -0.25) is 9.36 Å². The minimum Gasteiger partial charge on any atom is -0.451 e. The van der Waals surface area contributed by atoms with Crippen LogP contribution in [0.5, 0.6) is 0 Å². The number of aryl methyl sites for hydroxylation is 1. The number of nitrogens with one attached hydrogen (secondary N) is 1. The van der Waals surface area contributed by atoms with Crippen LogP contribution in [0.4, 0.5) is 5.69 Å². The Morgan fingerprint density at radius 1 is 1.07 bits per heavy atom. The molecule has 1 aromatic heterocycles. The Balaban J connectivity index is 1.70. The fraction of sp³-hybridized carbons (Fsp3) is 0.250. The Morgan fingerprint density at radius 2 is 1.74 bits per heavy atom. The lowest BCUT2D eigenvalue weighted by molar-refractivity contribution is -0.156. The molecule has 0 fully saturated rings. The van der Waals surface area contributed by atoms with E-state index >= 15 is 0 Å². The van der Waals surface area contributed by atoms with Gasteiger partial charge in [0.1, 0.15) is 6.04 Å². The number of benzene rings is 2. The van der Waals surface area contributed by atoms with Crippen LogP contribution in [-0.2, 0) is 14.3 Å². The molecule has 0 spiro atoms. The van der Waals surface area contributed by atoms with E-state index in [-0.39, 0.29) is 0 Å². The second-order valence-electron chi connectivity index (χ2n) is 6.32. The van der Waals surface area contributed by atoms with Gasteiger partial charge in [-0.1, -0.05) is 29.8 Å². The van der Waals surface area contributed by atoms with E-state index in [9.17, 15) is 14.4 Å². The highest BCUT2D eigenvalue weighted by Crippen LogP contribution is 2.18. The summed E-state index contributed by atoms with van der Waals surface area (Å²) in [6, 6.07) is 13.1. The monoisotopic (exact) mass is 368 g/mol. The summed E-state index contributed by atoms with van der Waals surface area (Å²) < 4.78 is 11.6. The predicted molar refractivity (Wildman–Crippen MR) is 101 cm³/mol. The van der Waals surface area contributed by atoms with Gasteiger partial charge in [0.15, 0.2) is 11.7 Å². The summed E-state index contributed by atoms with van der Waals surface area (Å²) in [5, 5.41) is 2.69. The smallest absolute Gasteiger partial charge is 0.420 e. The van der Waals surface area contributed by atoms with Gasteiger partial charge in [0.05, 0.1) is 5.52 Å². The summed E-state index contributed by atoms with van der Waals surface area (Å²) in [4.78, 5) is 36.8. The zero-order chi connectivity index (χ0) is 19.6. The molecule has 0 aliphatic carbocycles. The van der Waals surface area contributed by atoms with Crippen LogP contribution in [0.15, 0.2) is 57.7 Å². The van der Waals surface area contributed by atoms with Crippen LogP contribution in [0.2, 0.25) is 0 Å². The van der Waals surface area contributed by atoms with Crippen molar-refractivity contribution in [1.82, 2.24) is 4.57 Å². The molecule has 2 atom stereocenters. The molecule has 1 N–H and O–H groups in total. The third-order valence-electron chi connectivity index (χ3n) is 4.23. The number of aromatic nitrogens is 1. The Morgan fingerprint density at radius 3 is 2.44 bits per heavy atom. The van der Waals surface area contributed by atoms with Crippen LogP contribution >= 0.6 is 0 Å². The highest BCUT2D eigenvalue weighted by Gasteiger charge is 2.26. The maximum Gasteiger partial charge on any atom is 0.420 e. The van der Waals surface area contributed by atoms with Crippen LogP contribution in [0.3, 0.4) is 0 Å². The molecule has 0 aliphatic rings. The lowest BCUT2D eigenvalue weighted by atomic mass is 10.2. The Labute approximate surface area is 155 Å². The van der Waals surface area contributed by atoms with E-state index in [2.05, 4.69) is 5.32 Å². The van der Waals surface area contributed by atoms with Gasteiger partial charge < -0.3 is 14.5 Å². The van der Waals surface area contributed by atoms with Crippen LogP contribution in [0.1, 0.15) is 25.5 Å². The van der Waals surface area contributed by atoms with Crippen molar-refractivity contribution in [3.63, 3.8) is 0 Å². The standard InChI is InChI=1S/C20H20N2O5/c1-12-8-10-15(11-9-12)21-18(23)14(3)26-19(24)13(2)22-16-6-4-5-7-17(16)27-20(22)25/h4-11,13-14H,1-3H3,(H,21,23)/t13-,14-/m0/s1. The SMILES string of the molecule is Cc1ccc(NC(=O)[C@H](C)OC(=O)[C@H](C)n2c(=O)oc3ccccc32)cc1. The number of para-hydroxylation sites is 2. The molecule has 2 aromatic carbocycles. The minimum atomic E-state index is -1.02. The number of ether oxygens (including phenoxy) is 1. The zero-order valence-electron chi connectivity index (χ0n) is 15.3. The molecule has 0 saturated heterocycles. The molecule has 0 radical (unpaired) electrons. The van der Waals surface area contributed by atoms with Gasteiger partial charge in [-0.15, -0.1) is 0 Å². The van der Waals surface area contributed by atoms with E-state index < -0.39 is 29.8 Å². The summed E-state index contributed by atoms with van der Waals surface area (Å²) >= 11 is 0. The first-order chi connectivity index (χ1) is 12.9. The molecule has 0 aliphatic heterocycles. The topological polar surface area (TPSA) is 90.5 Å². The minimum absolute atomic E-state index is 0.382. The Kier molecular flexibility index (Phi) is 5.12. The molecular formula is C20H20N2O5. The van der Waals surface area contributed by atoms with Gasteiger partial charge in [-0.2, -0.15) is 0 Å². The summed E-state index contributed by atoms with van der Waals surface area (Å²) in [5.41, 5.74) is 2.55. The van der Waals surface area contributed by atoms with E-state index in [0.29, 0.717) is 16.8 Å². The summed E-state index contributed by atoms with van der Waals surface area (Å²) in [6.45, 7) is 4.94. The van der Waals surface area contributed by atoms with Crippen molar-refractivity contribution in [2.45, 2.75) is 32.9 Å². The first kappa shape index (κ1) is 18.4. The fourth-order valence-corrected chi connectivity index (χ4v) is 2.66. The summed E-state index contributed by atoms with van der Waals surface area (Å²) in [5.74, 6) is -1.81. The molecule has 0 unspecified atom stereocenters. The van der Waals surface area contributed by atoms with Gasteiger partial charge in [0.2, 0.25) is 0 Å². The number of carbonyl (C=O) groups excluding carboxylic acids is 2. The van der Waals surface area contributed by atoms with Gasteiger partial charge in [-0.05, 0) is 45.0 Å². The number of rotatable bonds is 5. The van der Waals surface area contributed by atoms with E-state index in [0.717, 1.165) is 5.56 Å². The number of esters is 1. The molecule has 140 valence electrons. The maximum absolute atomic E-state index is 12.4. The van der Waals surface area contributed by atoms with Gasteiger partial charge in [-0.25, -0.2) is 9.59 Å². The van der Waals surface area contributed by atoms with Crippen molar-refractivity contribution in [2.75, 3.05) is 5.32 Å². The second kappa shape index (κ2) is 7.49. The number of hydrogen-bond acceptors (Lipinski definition) is 5. The van der Waals surface area contributed by atoms with Gasteiger partial charge >= 0.3 is 11.7 Å². The van der Waals surface area contributed by atoms with Crippen LogP contribution < -0.4 is 11.1 Å². The number of oxazole rings is 1.